The van der Waals surface area contributed by atoms with Crippen molar-refractivity contribution in [3.63, 3.8) is 0 Å². The molecule has 1 aromatic carbocycles. The van der Waals surface area contributed by atoms with Crippen molar-refractivity contribution in [2.75, 3.05) is 0 Å². The molecule has 0 bridgehead atoms. The lowest BCUT2D eigenvalue weighted by Crippen LogP contribution is -2.25. The molecular formula is C14H19NO3. The van der Waals surface area contributed by atoms with Gasteiger partial charge < -0.3 is 10.4 Å². The molecule has 98 valence electrons. The Morgan fingerprint density at radius 3 is 2.17 bits per heavy atom. The zero-order valence-corrected chi connectivity index (χ0v) is 11.0. The van der Waals surface area contributed by atoms with E-state index >= 15 is 0 Å². The third-order valence-electron chi connectivity index (χ3n) is 2.62. The van der Waals surface area contributed by atoms with Gasteiger partial charge in [0, 0.05) is 6.54 Å². The van der Waals surface area contributed by atoms with Crippen molar-refractivity contribution in [3.8, 4) is 0 Å². The van der Waals surface area contributed by atoms with E-state index in [1.807, 2.05) is 24.3 Å². The highest BCUT2D eigenvalue weighted by atomic mass is 16.4. The lowest BCUT2D eigenvalue weighted by Gasteiger charge is -2.19. The maximum absolute atomic E-state index is 11.2. The van der Waals surface area contributed by atoms with Crippen LogP contribution in [0.3, 0.4) is 0 Å². The summed E-state index contributed by atoms with van der Waals surface area (Å²) >= 11 is 0. The van der Waals surface area contributed by atoms with Crippen LogP contribution in [0.4, 0.5) is 0 Å². The van der Waals surface area contributed by atoms with E-state index in [9.17, 15) is 9.59 Å². The van der Waals surface area contributed by atoms with Crippen LogP contribution in [-0.2, 0) is 21.5 Å². The molecule has 0 unspecified atom stereocenters. The Balaban J connectivity index is 2.54. The van der Waals surface area contributed by atoms with Crippen molar-refractivity contribution < 1.29 is 14.7 Å². The summed E-state index contributed by atoms with van der Waals surface area (Å²) in [4.78, 5) is 21.5. The van der Waals surface area contributed by atoms with Crippen molar-refractivity contribution >= 4 is 11.9 Å². The third-order valence-corrected chi connectivity index (χ3v) is 2.62. The zero-order chi connectivity index (χ0) is 13.8. The quantitative estimate of drug-likeness (QED) is 0.803. The van der Waals surface area contributed by atoms with Crippen LogP contribution in [0, 0.1) is 0 Å². The summed E-state index contributed by atoms with van der Waals surface area (Å²) in [6.07, 6.45) is -0.486. The van der Waals surface area contributed by atoms with E-state index in [0.717, 1.165) is 5.56 Å². The van der Waals surface area contributed by atoms with Gasteiger partial charge in [-0.1, -0.05) is 45.0 Å². The second kappa shape index (κ2) is 5.67. The molecule has 0 aliphatic heterocycles. The van der Waals surface area contributed by atoms with E-state index in [1.54, 1.807) is 0 Å². The summed E-state index contributed by atoms with van der Waals surface area (Å²) < 4.78 is 0. The average molecular weight is 249 g/mol. The first-order valence-corrected chi connectivity index (χ1v) is 5.87. The number of carboxylic acid groups (broad SMARTS) is 1. The van der Waals surface area contributed by atoms with E-state index in [4.69, 9.17) is 5.11 Å². The van der Waals surface area contributed by atoms with E-state index in [1.165, 1.54) is 5.56 Å². The Morgan fingerprint density at radius 2 is 1.72 bits per heavy atom. The van der Waals surface area contributed by atoms with Gasteiger partial charge in [0.2, 0.25) is 5.91 Å². The zero-order valence-electron chi connectivity index (χ0n) is 11.0. The minimum atomic E-state index is -1.12. The first-order chi connectivity index (χ1) is 8.29. The predicted molar refractivity (Wildman–Crippen MR) is 69.2 cm³/mol. The van der Waals surface area contributed by atoms with E-state index in [-0.39, 0.29) is 5.41 Å². The van der Waals surface area contributed by atoms with Crippen LogP contribution in [0.2, 0.25) is 0 Å². The van der Waals surface area contributed by atoms with Crippen molar-refractivity contribution in [3.05, 3.63) is 35.4 Å². The van der Waals surface area contributed by atoms with Gasteiger partial charge in [-0.25, -0.2) is 0 Å². The molecule has 0 aliphatic rings. The van der Waals surface area contributed by atoms with Crippen LogP contribution in [0.1, 0.15) is 38.3 Å². The Morgan fingerprint density at radius 1 is 1.17 bits per heavy atom. The largest absolute Gasteiger partial charge is 0.481 e. The Labute approximate surface area is 107 Å². The second-order valence-electron chi connectivity index (χ2n) is 5.29. The molecule has 0 aromatic heterocycles. The molecular weight excluding hydrogens is 230 g/mol. The monoisotopic (exact) mass is 249 g/mol. The molecule has 1 rings (SSSR count). The predicted octanol–water partition coefficient (Wildman–Crippen LogP) is 2.08. The molecule has 0 radical (unpaired) electrons. The van der Waals surface area contributed by atoms with Gasteiger partial charge in [0.15, 0.2) is 0 Å². The molecule has 0 saturated carbocycles. The number of hydrogen-bond donors (Lipinski definition) is 2. The minimum absolute atomic E-state index is 0.102. The number of amides is 1. The maximum Gasteiger partial charge on any atom is 0.312 e. The van der Waals surface area contributed by atoms with Crippen molar-refractivity contribution in [1.82, 2.24) is 5.32 Å². The summed E-state index contributed by atoms with van der Waals surface area (Å²) in [6, 6.07) is 7.95. The van der Waals surface area contributed by atoms with Gasteiger partial charge in [0.1, 0.15) is 6.42 Å². The number of hydrogen-bond acceptors (Lipinski definition) is 2. The molecule has 1 amide bonds. The molecule has 0 saturated heterocycles. The highest BCUT2D eigenvalue weighted by Gasteiger charge is 2.13. The number of benzene rings is 1. The van der Waals surface area contributed by atoms with Gasteiger partial charge in [0.25, 0.3) is 0 Å². The van der Waals surface area contributed by atoms with Gasteiger partial charge in [-0.3, -0.25) is 9.59 Å². The Hall–Kier alpha value is -1.84. The molecule has 0 aliphatic carbocycles. The minimum Gasteiger partial charge on any atom is -0.481 e. The van der Waals surface area contributed by atoms with Gasteiger partial charge >= 0.3 is 5.97 Å². The molecule has 4 heteroatoms. The number of rotatable bonds is 4. The van der Waals surface area contributed by atoms with Gasteiger partial charge in [-0.15, -0.1) is 0 Å². The number of carbonyl (C=O) groups is 2. The van der Waals surface area contributed by atoms with E-state index < -0.39 is 18.3 Å². The van der Waals surface area contributed by atoms with E-state index in [0.29, 0.717) is 6.54 Å². The lowest BCUT2D eigenvalue weighted by molar-refractivity contribution is -0.140. The molecule has 2 N–H and O–H groups in total. The Kier molecular flexibility index (Phi) is 4.48. The standard InChI is InChI=1S/C14H19NO3/c1-14(2,3)11-6-4-10(5-7-11)9-15-12(16)8-13(17)18/h4-7H,8-9H2,1-3H3,(H,15,16)(H,17,18). The highest BCUT2D eigenvalue weighted by Crippen LogP contribution is 2.22. The number of carboxylic acids is 1. The molecule has 18 heavy (non-hydrogen) atoms. The van der Waals surface area contributed by atoms with Crippen LogP contribution in [-0.4, -0.2) is 17.0 Å². The first kappa shape index (κ1) is 14.2. The average Bonchev–Trinajstić information content (AvgIpc) is 2.25. The fourth-order valence-electron chi connectivity index (χ4n) is 1.52. The molecule has 0 atom stereocenters. The van der Waals surface area contributed by atoms with Crippen LogP contribution in [0.15, 0.2) is 24.3 Å². The van der Waals surface area contributed by atoms with Gasteiger partial charge in [-0.2, -0.15) is 0 Å². The molecule has 0 fully saturated rings. The maximum atomic E-state index is 11.2. The summed E-state index contributed by atoms with van der Waals surface area (Å²) in [5.41, 5.74) is 2.29. The van der Waals surface area contributed by atoms with Crippen molar-refractivity contribution in [2.45, 2.75) is 39.2 Å². The van der Waals surface area contributed by atoms with Crippen molar-refractivity contribution in [1.29, 1.82) is 0 Å². The highest BCUT2D eigenvalue weighted by molar-refractivity contribution is 5.93. The normalized spacial score (nSPS) is 11.1. The second-order valence-corrected chi connectivity index (χ2v) is 5.29. The summed E-state index contributed by atoms with van der Waals surface area (Å²) in [7, 11) is 0. The first-order valence-electron chi connectivity index (χ1n) is 5.87. The smallest absolute Gasteiger partial charge is 0.312 e. The fraction of sp³-hybridized carbons (Fsp3) is 0.429. The van der Waals surface area contributed by atoms with E-state index in [2.05, 4.69) is 26.1 Å². The van der Waals surface area contributed by atoms with Crippen LogP contribution < -0.4 is 5.32 Å². The number of nitrogens with one attached hydrogen (secondary N) is 1. The summed E-state index contributed by atoms with van der Waals surface area (Å²) in [5.74, 6) is -1.59. The molecule has 1 aromatic rings. The number of carbonyl (C=O) groups excluding carboxylic acids is 1. The van der Waals surface area contributed by atoms with Crippen LogP contribution in [0.5, 0.6) is 0 Å². The SMILES string of the molecule is CC(C)(C)c1ccc(CNC(=O)CC(=O)O)cc1. The fourth-order valence-corrected chi connectivity index (χ4v) is 1.52. The summed E-state index contributed by atoms with van der Waals surface area (Å²) in [5, 5.41) is 11.0. The van der Waals surface area contributed by atoms with Gasteiger partial charge in [0.05, 0.1) is 0 Å². The lowest BCUT2D eigenvalue weighted by atomic mass is 9.87. The topological polar surface area (TPSA) is 66.4 Å². The number of aliphatic carboxylic acids is 1. The van der Waals surface area contributed by atoms with Crippen LogP contribution >= 0.6 is 0 Å². The Bertz CT molecular complexity index is 429. The molecule has 0 heterocycles. The third kappa shape index (κ3) is 4.57. The van der Waals surface area contributed by atoms with Crippen LogP contribution in [0.25, 0.3) is 0 Å². The molecule has 4 nitrogen and oxygen atoms in total. The summed E-state index contributed by atoms with van der Waals surface area (Å²) in [6.45, 7) is 6.76. The molecule has 0 spiro atoms. The van der Waals surface area contributed by atoms with Gasteiger partial charge in [-0.05, 0) is 16.5 Å². The van der Waals surface area contributed by atoms with Crippen molar-refractivity contribution in [2.24, 2.45) is 0 Å².